The van der Waals surface area contributed by atoms with Crippen LogP contribution in [0.1, 0.15) is 24.0 Å². The predicted molar refractivity (Wildman–Crippen MR) is 120 cm³/mol. The van der Waals surface area contributed by atoms with Crippen LogP contribution in [0.25, 0.3) is 0 Å². The standard InChI is InChI=1S/C20H32N4O2.HI/c1-21-20(22-8-11-26-16-17-6-7-17)23-14-18-4-2-3-5-19(18)15-24-9-12-25-13-10-24;/h2-5,17H,6-16H2,1H3,(H2,21,22,23);1H. The zero-order chi connectivity index (χ0) is 18.0. The SMILES string of the molecule is CN=C(NCCOCC1CC1)NCc1ccccc1CN1CCOCC1.I. The summed E-state index contributed by atoms with van der Waals surface area (Å²) < 4.78 is 11.1. The van der Waals surface area contributed by atoms with E-state index >= 15 is 0 Å². The Morgan fingerprint density at radius 1 is 1.19 bits per heavy atom. The molecule has 1 aromatic carbocycles. The molecule has 0 bridgehead atoms. The fraction of sp³-hybridized carbons (Fsp3) is 0.650. The van der Waals surface area contributed by atoms with Gasteiger partial charge in [0.2, 0.25) is 0 Å². The zero-order valence-corrected chi connectivity index (χ0v) is 18.6. The molecule has 1 heterocycles. The van der Waals surface area contributed by atoms with Crippen LogP contribution >= 0.6 is 24.0 Å². The van der Waals surface area contributed by atoms with Gasteiger partial charge in [0.15, 0.2) is 5.96 Å². The minimum Gasteiger partial charge on any atom is -0.379 e. The van der Waals surface area contributed by atoms with Gasteiger partial charge in [0.05, 0.1) is 19.8 Å². The fourth-order valence-electron chi connectivity index (χ4n) is 3.06. The van der Waals surface area contributed by atoms with Crippen molar-refractivity contribution in [2.24, 2.45) is 10.9 Å². The van der Waals surface area contributed by atoms with Gasteiger partial charge < -0.3 is 20.1 Å². The molecule has 2 N–H and O–H groups in total. The molecule has 27 heavy (non-hydrogen) atoms. The molecule has 0 radical (unpaired) electrons. The van der Waals surface area contributed by atoms with Gasteiger partial charge in [-0.1, -0.05) is 24.3 Å². The molecule has 3 rings (SSSR count). The molecule has 0 spiro atoms. The summed E-state index contributed by atoms with van der Waals surface area (Å²) in [7, 11) is 1.81. The molecule has 1 aliphatic carbocycles. The molecule has 0 aromatic heterocycles. The van der Waals surface area contributed by atoms with Gasteiger partial charge in [-0.25, -0.2) is 0 Å². The van der Waals surface area contributed by atoms with Crippen LogP contribution in [0, 0.1) is 5.92 Å². The number of benzene rings is 1. The number of hydrogen-bond donors (Lipinski definition) is 2. The van der Waals surface area contributed by atoms with Crippen LogP contribution in [-0.4, -0.2) is 64.0 Å². The van der Waals surface area contributed by atoms with Crippen molar-refractivity contribution in [3.63, 3.8) is 0 Å². The largest absolute Gasteiger partial charge is 0.379 e. The normalized spacial score (nSPS) is 18.0. The molecule has 6 nitrogen and oxygen atoms in total. The number of ether oxygens (including phenoxy) is 2. The van der Waals surface area contributed by atoms with Crippen molar-refractivity contribution in [1.82, 2.24) is 15.5 Å². The third-order valence-electron chi connectivity index (χ3n) is 4.88. The first kappa shape index (κ1) is 22.4. The lowest BCUT2D eigenvalue weighted by atomic mass is 10.1. The highest BCUT2D eigenvalue weighted by atomic mass is 127. The number of halogens is 1. The molecule has 0 amide bonds. The number of hydrogen-bond acceptors (Lipinski definition) is 4. The maximum atomic E-state index is 5.66. The topological polar surface area (TPSA) is 58.1 Å². The second-order valence-electron chi connectivity index (χ2n) is 7.03. The van der Waals surface area contributed by atoms with Crippen LogP contribution in [0.3, 0.4) is 0 Å². The Morgan fingerprint density at radius 3 is 2.63 bits per heavy atom. The van der Waals surface area contributed by atoms with Gasteiger partial charge in [-0.2, -0.15) is 0 Å². The Labute approximate surface area is 180 Å². The maximum Gasteiger partial charge on any atom is 0.191 e. The van der Waals surface area contributed by atoms with Gasteiger partial charge in [0.25, 0.3) is 0 Å². The fourth-order valence-corrected chi connectivity index (χ4v) is 3.06. The first-order valence-electron chi connectivity index (χ1n) is 9.74. The second kappa shape index (κ2) is 12.5. The quantitative estimate of drug-likeness (QED) is 0.242. The Balaban J connectivity index is 0.00000261. The highest BCUT2D eigenvalue weighted by Gasteiger charge is 2.20. The van der Waals surface area contributed by atoms with Gasteiger partial charge in [0.1, 0.15) is 0 Å². The van der Waals surface area contributed by atoms with Gasteiger partial charge in [-0.05, 0) is 29.9 Å². The number of aliphatic imine (C=N–C) groups is 1. The lowest BCUT2D eigenvalue weighted by Crippen LogP contribution is -2.39. The second-order valence-corrected chi connectivity index (χ2v) is 7.03. The summed E-state index contributed by atoms with van der Waals surface area (Å²) in [6.45, 7) is 7.83. The smallest absolute Gasteiger partial charge is 0.191 e. The Kier molecular flexibility index (Phi) is 10.4. The van der Waals surface area contributed by atoms with E-state index in [9.17, 15) is 0 Å². The van der Waals surface area contributed by atoms with E-state index in [0.29, 0.717) is 0 Å². The molecule has 0 unspecified atom stereocenters. The first-order valence-corrected chi connectivity index (χ1v) is 9.74. The lowest BCUT2D eigenvalue weighted by Gasteiger charge is -2.27. The molecule has 2 fully saturated rings. The average molecular weight is 488 g/mol. The van der Waals surface area contributed by atoms with Crippen LogP contribution in [0.4, 0.5) is 0 Å². The molecular formula is C20H33IN4O2. The van der Waals surface area contributed by atoms with Crippen LogP contribution < -0.4 is 10.6 Å². The predicted octanol–water partition coefficient (Wildman–Crippen LogP) is 2.23. The first-order chi connectivity index (χ1) is 12.8. The number of rotatable bonds is 9. The molecule has 152 valence electrons. The molecule has 7 heteroatoms. The van der Waals surface area contributed by atoms with Crippen LogP contribution in [0.2, 0.25) is 0 Å². The Bertz CT molecular complexity index is 575. The average Bonchev–Trinajstić information content (AvgIpc) is 3.50. The molecule has 1 aliphatic heterocycles. The highest BCUT2D eigenvalue weighted by molar-refractivity contribution is 14.0. The summed E-state index contributed by atoms with van der Waals surface area (Å²) in [5, 5.41) is 6.74. The monoisotopic (exact) mass is 488 g/mol. The third-order valence-corrected chi connectivity index (χ3v) is 4.88. The van der Waals surface area contributed by atoms with E-state index in [1.165, 1.54) is 24.0 Å². The minimum atomic E-state index is 0. The molecule has 0 atom stereocenters. The number of nitrogens with zero attached hydrogens (tertiary/aromatic N) is 2. The van der Waals surface area contributed by atoms with Gasteiger partial charge in [-0.3, -0.25) is 9.89 Å². The summed E-state index contributed by atoms with van der Waals surface area (Å²) in [6, 6.07) is 8.62. The Hall–Kier alpha value is -0.900. The molecule has 1 saturated carbocycles. The van der Waals surface area contributed by atoms with Crippen molar-refractivity contribution in [1.29, 1.82) is 0 Å². The summed E-state index contributed by atoms with van der Waals surface area (Å²) >= 11 is 0. The Morgan fingerprint density at radius 2 is 1.93 bits per heavy atom. The number of morpholine rings is 1. The van der Waals surface area contributed by atoms with Crippen LogP contribution in [0.5, 0.6) is 0 Å². The van der Waals surface area contributed by atoms with E-state index in [4.69, 9.17) is 9.47 Å². The molecule has 1 aromatic rings. The van der Waals surface area contributed by atoms with E-state index in [-0.39, 0.29) is 24.0 Å². The summed E-state index contributed by atoms with van der Waals surface area (Å²) in [5.74, 6) is 1.64. The van der Waals surface area contributed by atoms with Crippen molar-refractivity contribution in [3.05, 3.63) is 35.4 Å². The van der Waals surface area contributed by atoms with Crippen molar-refractivity contribution < 1.29 is 9.47 Å². The highest BCUT2D eigenvalue weighted by Crippen LogP contribution is 2.28. The van der Waals surface area contributed by atoms with Crippen LogP contribution in [0.15, 0.2) is 29.3 Å². The lowest BCUT2D eigenvalue weighted by molar-refractivity contribution is 0.0341. The van der Waals surface area contributed by atoms with E-state index in [1.54, 1.807) is 7.05 Å². The number of guanidine groups is 1. The van der Waals surface area contributed by atoms with E-state index in [1.807, 2.05) is 0 Å². The van der Waals surface area contributed by atoms with E-state index < -0.39 is 0 Å². The summed E-state index contributed by atoms with van der Waals surface area (Å²) in [4.78, 5) is 6.76. The van der Waals surface area contributed by atoms with Crippen molar-refractivity contribution in [3.8, 4) is 0 Å². The van der Waals surface area contributed by atoms with Gasteiger partial charge in [0, 0.05) is 46.4 Å². The van der Waals surface area contributed by atoms with Crippen molar-refractivity contribution in [2.75, 3.05) is 53.1 Å². The van der Waals surface area contributed by atoms with Crippen molar-refractivity contribution in [2.45, 2.75) is 25.9 Å². The van der Waals surface area contributed by atoms with Gasteiger partial charge >= 0.3 is 0 Å². The maximum absolute atomic E-state index is 5.66. The molecular weight excluding hydrogens is 455 g/mol. The van der Waals surface area contributed by atoms with E-state index in [2.05, 4.69) is 44.8 Å². The molecule has 1 saturated heterocycles. The van der Waals surface area contributed by atoms with Crippen LogP contribution in [-0.2, 0) is 22.6 Å². The number of nitrogens with one attached hydrogen (secondary N) is 2. The molecule has 2 aliphatic rings. The van der Waals surface area contributed by atoms with E-state index in [0.717, 1.165) is 71.0 Å². The zero-order valence-electron chi connectivity index (χ0n) is 16.3. The minimum absolute atomic E-state index is 0. The van der Waals surface area contributed by atoms with Crippen molar-refractivity contribution >= 4 is 29.9 Å². The third kappa shape index (κ3) is 8.33. The summed E-state index contributed by atoms with van der Waals surface area (Å²) in [6.07, 6.45) is 2.67. The summed E-state index contributed by atoms with van der Waals surface area (Å²) in [5.41, 5.74) is 2.68. The van der Waals surface area contributed by atoms with Gasteiger partial charge in [-0.15, -0.1) is 24.0 Å².